The molecule has 1 atom stereocenters. The fourth-order valence-corrected chi connectivity index (χ4v) is 2.94. The van der Waals surface area contributed by atoms with E-state index in [1.807, 2.05) is 19.1 Å². The molecule has 1 aromatic heterocycles. The number of nitrogens with one attached hydrogen (secondary N) is 1. The normalized spacial score (nSPS) is 16.1. The molecule has 2 heterocycles. The van der Waals surface area contributed by atoms with E-state index in [0.717, 1.165) is 23.1 Å². The van der Waals surface area contributed by atoms with Crippen LogP contribution >= 0.6 is 0 Å². The molecule has 6 nitrogen and oxygen atoms in total. The lowest BCUT2D eigenvalue weighted by Gasteiger charge is -2.13. The van der Waals surface area contributed by atoms with Gasteiger partial charge >= 0.3 is 0 Å². The molecule has 1 aromatic carbocycles. The number of aryl methyl sites for hydroxylation is 1. The number of aromatic nitrogens is 1. The van der Waals surface area contributed by atoms with E-state index in [0.29, 0.717) is 24.3 Å². The minimum atomic E-state index is -0.248. The van der Waals surface area contributed by atoms with Crippen molar-refractivity contribution in [3.63, 3.8) is 0 Å². The van der Waals surface area contributed by atoms with Crippen molar-refractivity contribution >= 4 is 5.91 Å². The molecule has 3 rings (SSSR count). The fourth-order valence-electron chi connectivity index (χ4n) is 2.94. The molecule has 1 aliphatic rings. The SMILES string of the molecule is Cc1cnc(C(=O)NC2CCN(C#N)C2)cc1-c1cccc(C#N)c1. The van der Waals surface area contributed by atoms with E-state index in [2.05, 4.69) is 22.6 Å². The molecule has 0 bridgehead atoms. The van der Waals surface area contributed by atoms with Crippen molar-refractivity contribution in [1.82, 2.24) is 15.2 Å². The molecule has 1 aliphatic heterocycles. The number of pyridine rings is 1. The number of amides is 1. The van der Waals surface area contributed by atoms with E-state index in [1.165, 1.54) is 0 Å². The number of carbonyl (C=O) groups is 1. The van der Waals surface area contributed by atoms with Gasteiger partial charge in [-0.15, -0.1) is 0 Å². The van der Waals surface area contributed by atoms with Gasteiger partial charge in [0.05, 0.1) is 11.6 Å². The van der Waals surface area contributed by atoms with E-state index in [4.69, 9.17) is 10.5 Å². The first-order valence-electron chi connectivity index (χ1n) is 8.03. The second-order valence-corrected chi connectivity index (χ2v) is 6.08. The summed E-state index contributed by atoms with van der Waals surface area (Å²) in [4.78, 5) is 18.4. The molecule has 6 heteroatoms. The third-order valence-electron chi connectivity index (χ3n) is 4.30. The van der Waals surface area contributed by atoms with Gasteiger partial charge in [0, 0.05) is 25.3 Å². The summed E-state index contributed by atoms with van der Waals surface area (Å²) < 4.78 is 0. The minimum absolute atomic E-state index is 0.0411. The Balaban J connectivity index is 1.83. The van der Waals surface area contributed by atoms with E-state index < -0.39 is 0 Å². The van der Waals surface area contributed by atoms with Gasteiger partial charge in [-0.1, -0.05) is 12.1 Å². The van der Waals surface area contributed by atoms with Gasteiger partial charge < -0.3 is 10.2 Å². The van der Waals surface area contributed by atoms with E-state index in [1.54, 1.807) is 29.3 Å². The smallest absolute Gasteiger partial charge is 0.270 e. The Morgan fingerprint density at radius 3 is 2.92 bits per heavy atom. The summed E-state index contributed by atoms with van der Waals surface area (Å²) in [6, 6.07) is 11.1. The number of nitrogens with zero attached hydrogens (tertiary/aromatic N) is 4. The van der Waals surface area contributed by atoms with Gasteiger partial charge in [-0.3, -0.25) is 9.78 Å². The average molecular weight is 331 g/mol. The lowest BCUT2D eigenvalue weighted by molar-refractivity contribution is 0.0934. The van der Waals surface area contributed by atoms with E-state index >= 15 is 0 Å². The Morgan fingerprint density at radius 1 is 1.36 bits per heavy atom. The van der Waals surface area contributed by atoms with Crippen LogP contribution in [-0.2, 0) is 0 Å². The van der Waals surface area contributed by atoms with Crippen molar-refractivity contribution < 1.29 is 4.79 Å². The van der Waals surface area contributed by atoms with Crippen molar-refractivity contribution in [2.24, 2.45) is 0 Å². The highest BCUT2D eigenvalue weighted by atomic mass is 16.1. The van der Waals surface area contributed by atoms with Gasteiger partial charge in [-0.25, -0.2) is 0 Å². The molecule has 1 amide bonds. The fraction of sp³-hybridized carbons (Fsp3) is 0.263. The van der Waals surface area contributed by atoms with Crippen LogP contribution in [-0.4, -0.2) is 34.9 Å². The maximum atomic E-state index is 12.5. The lowest BCUT2D eigenvalue weighted by atomic mass is 9.99. The number of hydrogen-bond donors (Lipinski definition) is 1. The van der Waals surface area contributed by atoms with Crippen LogP contribution in [0.2, 0.25) is 0 Å². The van der Waals surface area contributed by atoms with Gasteiger partial charge in [0.2, 0.25) is 0 Å². The van der Waals surface area contributed by atoms with Gasteiger partial charge in [-0.2, -0.15) is 10.5 Å². The number of hydrogen-bond acceptors (Lipinski definition) is 5. The molecule has 0 spiro atoms. The molecular formula is C19H17N5O. The highest BCUT2D eigenvalue weighted by molar-refractivity contribution is 5.94. The first-order valence-corrected chi connectivity index (χ1v) is 8.03. The molecule has 2 aromatic rings. The van der Waals surface area contributed by atoms with Crippen molar-refractivity contribution in [2.75, 3.05) is 13.1 Å². The Bertz CT molecular complexity index is 893. The van der Waals surface area contributed by atoms with Crippen molar-refractivity contribution in [1.29, 1.82) is 10.5 Å². The van der Waals surface area contributed by atoms with Crippen LogP contribution in [0.3, 0.4) is 0 Å². The van der Waals surface area contributed by atoms with Crippen molar-refractivity contribution in [3.05, 3.63) is 53.3 Å². The average Bonchev–Trinajstić information content (AvgIpc) is 3.09. The summed E-state index contributed by atoms with van der Waals surface area (Å²) in [6.45, 7) is 3.12. The largest absolute Gasteiger partial charge is 0.346 e. The summed E-state index contributed by atoms with van der Waals surface area (Å²) >= 11 is 0. The van der Waals surface area contributed by atoms with Crippen LogP contribution < -0.4 is 5.32 Å². The van der Waals surface area contributed by atoms with Crippen LogP contribution in [0.15, 0.2) is 36.5 Å². The lowest BCUT2D eigenvalue weighted by Crippen LogP contribution is -2.36. The Hall–Kier alpha value is -3.38. The second-order valence-electron chi connectivity index (χ2n) is 6.08. The molecule has 0 radical (unpaired) electrons. The third-order valence-corrected chi connectivity index (χ3v) is 4.30. The van der Waals surface area contributed by atoms with Crippen molar-refractivity contribution in [2.45, 2.75) is 19.4 Å². The topological polar surface area (TPSA) is 92.8 Å². The van der Waals surface area contributed by atoms with Gasteiger partial charge in [0.25, 0.3) is 5.91 Å². The van der Waals surface area contributed by atoms with Gasteiger partial charge in [0.15, 0.2) is 6.19 Å². The first kappa shape index (κ1) is 16.5. The zero-order chi connectivity index (χ0) is 17.8. The highest BCUT2D eigenvalue weighted by Gasteiger charge is 2.24. The summed E-state index contributed by atoms with van der Waals surface area (Å²) in [5, 5.41) is 20.9. The molecule has 1 unspecified atom stereocenters. The van der Waals surface area contributed by atoms with Gasteiger partial charge in [-0.05, 0) is 48.2 Å². The molecule has 25 heavy (non-hydrogen) atoms. The van der Waals surface area contributed by atoms with Crippen LogP contribution in [0.4, 0.5) is 0 Å². The number of benzene rings is 1. The number of carbonyl (C=O) groups excluding carboxylic acids is 1. The molecule has 0 saturated carbocycles. The van der Waals surface area contributed by atoms with Crippen molar-refractivity contribution in [3.8, 4) is 23.4 Å². The first-order chi connectivity index (χ1) is 12.1. The minimum Gasteiger partial charge on any atom is -0.346 e. The summed E-state index contributed by atoms with van der Waals surface area (Å²) in [7, 11) is 0. The number of likely N-dealkylation sites (tertiary alicyclic amines) is 1. The standard InChI is InChI=1S/C19H17N5O/c1-13-10-22-18(19(25)23-16-5-6-24(11-16)12-21)8-17(13)15-4-2-3-14(7-15)9-20/h2-4,7-8,10,16H,5-6,11H2,1H3,(H,23,25). The van der Waals surface area contributed by atoms with Crippen LogP contribution in [0.5, 0.6) is 0 Å². The Kier molecular flexibility index (Phi) is 4.63. The molecule has 0 aliphatic carbocycles. The Labute approximate surface area is 146 Å². The molecule has 1 N–H and O–H groups in total. The van der Waals surface area contributed by atoms with E-state index in [-0.39, 0.29) is 11.9 Å². The number of nitriles is 2. The van der Waals surface area contributed by atoms with E-state index in [9.17, 15) is 4.79 Å². The van der Waals surface area contributed by atoms with Crippen LogP contribution in [0, 0.1) is 29.7 Å². The summed E-state index contributed by atoms with van der Waals surface area (Å²) in [5.74, 6) is -0.248. The highest BCUT2D eigenvalue weighted by Crippen LogP contribution is 2.24. The molecule has 1 saturated heterocycles. The monoisotopic (exact) mass is 331 g/mol. The number of rotatable bonds is 3. The molecular weight excluding hydrogens is 314 g/mol. The summed E-state index contributed by atoms with van der Waals surface area (Å²) in [6.07, 6.45) is 4.51. The zero-order valence-corrected chi connectivity index (χ0v) is 13.9. The van der Waals surface area contributed by atoms with Gasteiger partial charge in [0.1, 0.15) is 5.69 Å². The maximum absolute atomic E-state index is 12.5. The quantitative estimate of drug-likeness (QED) is 0.871. The third kappa shape index (κ3) is 3.59. The zero-order valence-electron chi connectivity index (χ0n) is 13.9. The predicted molar refractivity (Wildman–Crippen MR) is 92.2 cm³/mol. The Morgan fingerprint density at radius 2 is 2.20 bits per heavy atom. The summed E-state index contributed by atoms with van der Waals surface area (Å²) in [5.41, 5.74) is 3.59. The van der Waals surface area contributed by atoms with Crippen LogP contribution in [0.1, 0.15) is 28.0 Å². The predicted octanol–water partition coefficient (Wildman–Crippen LogP) is 2.21. The van der Waals surface area contributed by atoms with Crippen LogP contribution in [0.25, 0.3) is 11.1 Å². The molecule has 1 fully saturated rings. The molecule has 124 valence electrons. The second kappa shape index (κ2) is 7.02. The maximum Gasteiger partial charge on any atom is 0.270 e.